The lowest BCUT2D eigenvalue weighted by atomic mass is 9.94. The Morgan fingerprint density at radius 3 is 2.38 bits per heavy atom. The first-order valence-corrected chi connectivity index (χ1v) is 11.4. The van der Waals surface area contributed by atoms with Gasteiger partial charge in [0.1, 0.15) is 17.3 Å². The van der Waals surface area contributed by atoms with Crippen LogP contribution in [-0.2, 0) is 30.3 Å². The van der Waals surface area contributed by atoms with Crippen molar-refractivity contribution in [2.45, 2.75) is 56.9 Å². The highest BCUT2D eigenvalue weighted by molar-refractivity contribution is 7.81. The molecule has 2 amide bonds. The van der Waals surface area contributed by atoms with Crippen molar-refractivity contribution in [1.29, 1.82) is 0 Å². The van der Waals surface area contributed by atoms with Gasteiger partial charge in [-0.3, -0.25) is 9.59 Å². The van der Waals surface area contributed by atoms with Crippen LogP contribution >= 0.6 is 12.6 Å². The number of methoxy groups -OCH3 is 1. The minimum atomic E-state index is -1.24. The van der Waals surface area contributed by atoms with Gasteiger partial charge in [-0.2, -0.15) is 12.6 Å². The van der Waals surface area contributed by atoms with Crippen molar-refractivity contribution in [1.82, 2.24) is 10.6 Å². The second kappa shape index (κ2) is 12.1. The van der Waals surface area contributed by atoms with Crippen LogP contribution < -0.4 is 15.4 Å². The van der Waals surface area contributed by atoms with E-state index in [9.17, 15) is 14.4 Å². The van der Waals surface area contributed by atoms with E-state index in [-0.39, 0.29) is 24.9 Å². The molecular formula is C23H34N2O6S. The van der Waals surface area contributed by atoms with E-state index in [0.717, 1.165) is 18.4 Å². The molecule has 1 fully saturated rings. The molecule has 1 aliphatic heterocycles. The predicted molar refractivity (Wildman–Crippen MR) is 124 cm³/mol. The number of ether oxygens (including phenoxy) is 3. The van der Waals surface area contributed by atoms with Crippen LogP contribution in [0.1, 0.15) is 39.2 Å². The van der Waals surface area contributed by atoms with E-state index in [1.165, 1.54) is 0 Å². The van der Waals surface area contributed by atoms with Crippen molar-refractivity contribution < 1.29 is 28.6 Å². The summed E-state index contributed by atoms with van der Waals surface area (Å²) in [5.41, 5.74) is -0.408. The first kappa shape index (κ1) is 26.0. The van der Waals surface area contributed by atoms with Crippen LogP contribution in [0.5, 0.6) is 5.75 Å². The summed E-state index contributed by atoms with van der Waals surface area (Å²) in [6.45, 7) is 6.30. The Balaban J connectivity index is 2.04. The minimum absolute atomic E-state index is 0.0910. The lowest BCUT2D eigenvalue weighted by molar-refractivity contribution is -0.148. The summed E-state index contributed by atoms with van der Waals surface area (Å²) in [7, 11) is 1.57. The summed E-state index contributed by atoms with van der Waals surface area (Å²) in [6, 6.07) is 6.32. The zero-order valence-electron chi connectivity index (χ0n) is 19.2. The molecule has 2 N–H and O–H groups in total. The van der Waals surface area contributed by atoms with Gasteiger partial charge >= 0.3 is 5.97 Å². The first-order valence-electron chi connectivity index (χ1n) is 10.9. The fraction of sp³-hybridized carbons (Fsp3) is 0.609. The van der Waals surface area contributed by atoms with Gasteiger partial charge in [-0.15, -0.1) is 0 Å². The molecule has 0 saturated carbocycles. The van der Waals surface area contributed by atoms with Crippen molar-refractivity contribution in [3.63, 3.8) is 0 Å². The van der Waals surface area contributed by atoms with Crippen molar-refractivity contribution in [2.24, 2.45) is 5.92 Å². The molecule has 32 heavy (non-hydrogen) atoms. The normalized spacial score (nSPS) is 16.5. The average molecular weight is 467 g/mol. The predicted octanol–water partition coefficient (Wildman–Crippen LogP) is 1.91. The second-order valence-electron chi connectivity index (χ2n) is 8.34. The monoisotopic (exact) mass is 466 g/mol. The average Bonchev–Trinajstić information content (AvgIpc) is 2.78. The summed E-state index contributed by atoms with van der Waals surface area (Å²) in [6.07, 6.45) is 1.75. The molecule has 0 radical (unpaired) electrons. The van der Waals surface area contributed by atoms with E-state index in [2.05, 4.69) is 23.3 Å². The maximum Gasteiger partial charge on any atom is 0.328 e. The van der Waals surface area contributed by atoms with Gasteiger partial charge in [-0.05, 0) is 57.2 Å². The molecule has 0 aliphatic carbocycles. The highest BCUT2D eigenvalue weighted by atomic mass is 32.1. The number of nitrogens with one attached hydrogen (secondary N) is 2. The third-order valence-electron chi connectivity index (χ3n) is 5.46. The van der Waals surface area contributed by atoms with Crippen LogP contribution in [0.4, 0.5) is 0 Å². The van der Waals surface area contributed by atoms with E-state index in [1.807, 2.05) is 12.1 Å². The van der Waals surface area contributed by atoms with Gasteiger partial charge in [0.2, 0.25) is 11.8 Å². The molecule has 0 spiro atoms. The fourth-order valence-electron chi connectivity index (χ4n) is 3.46. The Morgan fingerprint density at radius 1 is 1.19 bits per heavy atom. The smallest absolute Gasteiger partial charge is 0.328 e. The molecule has 0 unspecified atom stereocenters. The fourth-order valence-corrected chi connectivity index (χ4v) is 3.82. The number of carbonyl (C=O) groups excluding carboxylic acids is 3. The molecule has 1 aromatic rings. The summed E-state index contributed by atoms with van der Waals surface area (Å²) in [5, 5.41) is 4.97. The van der Waals surface area contributed by atoms with Gasteiger partial charge in [0.05, 0.1) is 19.0 Å². The molecule has 0 aromatic heterocycles. The molecule has 178 valence electrons. The van der Waals surface area contributed by atoms with Crippen LogP contribution in [0.25, 0.3) is 0 Å². The topological polar surface area (TPSA) is 103 Å². The maximum absolute atomic E-state index is 13.0. The van der Waals surface area contributed by atoms with Crippen LogP contribution in [0, 0.1) is 5.92 Å². The highest BCUT2D eigenvalue weighted by Crippen LogP contribution is 2.23. The van der Waals surface area contributed by atoms with Crippen LogP contribution in [0.3, 0.4) is 0 Å². The second-order valence-corrected chi connectivity index (χ2v) is 8.90. The molecule has 2 atom stereocenters. The van der Waals surface area contributed by atoms with Crippen LogP contribution in [0.15, 0.2) is 24.3 Å². The van der Waals surface area contributed by atoms with Crippen molar-refractivity contribution >= 4 is 30.4 Å². The van der Waals surface area contributed by atoms with Gasteiger partial charge in [0, 0.05) is 19.6 Å². The van der Waals surface area contributed by atoms with Crippen LogP contribution in [-0.4, -0.2) is 61.5 Å². The Kier molecular flexibility index (Phi) is 9.84. The molecule has 1 aromatic carbocycles. The molecule has 0 bridgehead atoms. The molecule has 9 heteroatoms. The SMILES string of the molecule is CCOC(=O)[C@H](Cc1ccc(OC)cc1)NC(=O)C(C)(C)NC(=O)[C@@H](S)C1CCOCC1. The van der Waals surface area contributed by atoms with Crippen molar-refractivity contribution in [3.05, 3.63) is 29.8 Å². The first-order chi connectivity index (χ1) is 15.2. The molecule has 1 saturated heterocycles. The van der Waals surface area contributed by atoms with Gasteiger partial charge in [0.25, 0.3) is 0 Å². The lowest BCUT2D eigenvalue weighted by Gasteiger charge is -2.31. The van der Waals surface area contributed by atoms with Crippen LogP contribution in [0.2, 0.25) is 0 Å². The van der Waals surface area contributed by atoms with Gasteiger partial charge < -0.3 is 24.8 Å². The number of rotatable bonds is 10. The highest BCUT2D eigenvalue weighted by Gasteiger charge is 2.36. The number of esters is 1. The third kappa shape index (κ3) is 7.41. The summed E-state index contributed by atoms with van der Waals surface area (Å²) in [4.78, 5) is 38.2. The molecular weight excluding hydrogens is 432 g/mol. The van der Waals surface area contributed by atoms with Gasteiger partial charge in [-0.25, -0.2) is 4.79 Å². The Bertz CT molecular complexity index is 777. The largest absolute Gasteiger partial charge is 0.497 e. The minimum Gasteiger partial charge on any atom is -0.497 e. The van der Waals surface area contributed by atoms with E-state index >= 15 is 0 Å². The maximum atomic E-state index is 13.0. The molecule has 2 rings (SSSR count). The summed E-state index contributed by atoms with van der Waals surface area (Å²) < 4.78 is 15.6. The number of benzene rings is 1. The number of thiol groups is 1. The number of hydrogen-bond donors (Lipinski definition) is 3. The summed E-state index contributed by atoms with van der Waals surface area (Å²) in [5.74, 6) is -0.547. The number of hydrogen-bond acceptors (Lipinski definition) is 7. The third-order valence-corrected chi connectivity index (χ3v) is 6.12. The Morgan fingerprint density at radius 2 is 1.81 bits per heavy atom. The van der Waals surface area contributed by atoms with Gasteiger partial charge in [0.15, 0.2) is 0 Å². The number of amides is 2. The molecule has 1 heterocycles. The van der Waals surface area contributed by atoms with E-state index < -0.39 is 28.7 Å². The van der Waals surface area contributed by atoms with Gasteiger partial charge in [-0.1, -0.05) is 12.1 Å². The number of carbonyl (C=O) groups is 3. The standard InChI is InChI=1S/C23H34N2O6S/c1-5-31-21(27)18(14-15-6-8-17(29-4)9-7-15)24-22(28)23(2,3)25-20(26)19(32)16-10-12-30-13-11-16/h6-9,16,18-19,32H,5,10-14H2,1-4H3,(H,24,28)(H,25,26)/t18-,19-/m0/s1. The quantitative estimate of drug-likeness (QED) is 0.360. The van der Waals surface area contributed by atoms with Crippen molar-refractivity contribution in [3.8, 4) is 5.75 Å². The van der Waals surface area contributed by atoms with E-state index in [1.54, 1.807) is 40.0 Å². The Labute approximate surface area is 195 Å². The Hall–Kier alpha value is -2.26. The van der Waals surface area contributed by atoms with E-state index in [4.69, 9.17) is 14.2 Å². The molecule has 8 nitrogen and oxygen atoms in total. The van der Waals surface area contributed by atoms with E-state index in [0.29, 0.717) is 19.0 Å². The zero-order chi connectivity index (χ0) is 23.7. The molecule has 1 aliphatic rings. The lowest BCUT2D eigenvalue weighted by Crippen LogP contribution is -2.60. The van der Waals surface area contributed by atoms with Crippen molar-refractivity contribution in [2.75, 3.05) is 26.9 Å². The summed E-state index contributed by atoms with van der Waals surface area (Å²) >= 11 is 4.48. The zero-order valence-corrected chi connectivity index (χ0v) is 20.1.